The molecule has 0 aliphatic carbocycles. The zero-order chi connectivity index (χ0) is 19.6. The predicted molar refractivity (Wildman–Crippen MR) is 104 cm³/mol. The standard InChI is InChI=1S/C22H24N2O3/c1-15-5-10-20(27-15)14-24(4)21(25)17-8-6-16(7-9-17)18-11-19(13-23-12-18)22(2,3)26/h5-13,26H,14H2,1-4H3. The van der Waals surface area contributed by atoms with Crippen LogP contribution in [0.5, 0.6) is 0 Å². The number of aliphatic hydroxyl groups is 1. The highest BCUT2D eigenvalue weighted by Gasteiger charge is 2.17. The molecule has 27 heavy (non-hydrogen) atoms. The van der Waals surface area contributed by atoms with Gasteiger partial charge in [-0.15, -0.1) is 0 Å². The molecule has 0 radical (unpaired) electrons. The highest BCUT2D eigenvalue weighted by molar-refractivity contribution is 5.94. The van der Waals surface area contributed by atoms with Crippen LogP contribution >= 0.6 is 0 Å². The molecule has 2 heterocycles. The maximum atomic E-state index is 12.6. The molecule has 0 aliphatic heterocycles. The molecule has 2 aromatic heterocycles. The maximum absolute atomic E-state index is 12.6. The number of hydrogen-bond acceptors (Lipinski definition) is 4. The normalized spacial score (nSPS) is 11.4. The molecule has 1 amide bonds. The lowest BCUT2D eigenvalue weighted by molar-refractivity contribution is 0.0772. The Balaban J connectivity index is 1.76. The van der Waals surface area contributed by atoms with E-state index in [1.165, 1.54) is 0 Å². The highest BCUT2D eigenvalue weighted by Crippen LogP contribution is 2.25. The summed E-state index contributed by atoms with van der Waals surface area (Å²) in [5, 5.41) is 10.2. The fourth-order valence-corrected chi connectivity index (χ4v) is 2.83. The lowest BCUT2D eigenvalue weighted by Crippen LogP contribution is -2.25. The fraction of sp³-hybridized carbons (Fsp3) is 0.273. The zero-order valence-electron chi connectivity index (χ0n) is 16.1. The van der Waals surface area contributed by atoms with E-state index in [2.05, 4.69) is 4.98 Å². The minimum Gasteiger partial charge on any atom is -0.464 e. The average molecular weight is 364 g/mol. The van der Waals surface area contributed by atoms with Crippen molar-refractivity contribution in [3.05, 3.63) is 77.5 Å². The second-order valence-electron chi connectivity index (χ2n) is 7.27. The van der Waals surface area contributed by atoms with Crippen LogP contribution in [0.25, 0.3) is 11.1 Å². The molecule has 1 N–H and O–H groups in total. The largest absolute Gasteiger partial charge is 0.464 e. The number of nitrogens with zero attached hydrogens (tertiary/aromatic N) is 2. The molecule has 0 atom stereocenters. The monoisotopic (exact) mass is 364 g/mol. The van der Waals surface area contributed by atoms with Crippen molar-refractivity contribution in [1.82, 2.24) is 9.88 Å². The van der Waals surface area contributed by atoms with Gasteiger partial charge in [0.25, 0.3) is 5.91 Å². The lowest BCUT2D eigenvalue weighted by atomic mass is 9.96. The molecule has 0 saturated heterocycles. The number of hydrogen-bond donors (Lipinski definition) is 1. The molecular formula is C22H24N2O3. The van der Waals surface area contributed by atoms with E-state index in [4.69, 9.17) is 4.42 Å². The molecule has 140 valence electrons. The average Bonchev–Trinajstić information content (AvgIpc) is 3.05. The van der Waals surface area contributed by atoms with E-state index in [1.807, 2.05) is 37.3 Å². The van der Waals surface area contributed by atoms with Crippen molar-refractivity contribution in [2.75, 3.05) is 7.05 Å². The summed E-state index contributed by atoms with van der Waals surface area (Å²) in [6.45, 7) is 5.76. The Labute approximate surface area is 159 Å². The van der Waals surface area contributed by atoms with Gasteiger partial charge < -0.3 is 14.4 Å². The number of amides is 1. The van der Waals surface area contributed by atoms with Crippen molar-refractivity contribution in [2.24, 2.45) is 0 Å². The second-order valence-corrected chi connectivity index (χ2v) is 7.27. The zero-order valence-corrected chi connectivity index (χ0v) is 16.1. The molecule has 0 bridgehead atoms. The summed E-state index contributed by atoms with van der Waals surface area (Å²) in [5.74, 6) is 1.52. The number of pyridine rings is 1. The maximum Gasteiger partial charge on any atom is 0.254 e. The van der Waals surface area contributed by atoms with Gasteiger partial charge in [0, 0.05) is 36.1 Å². The molecule has 0 spiro atoms. The van der Waals surface area contributed by atoms with E-state index >= 15 is 0 Å². The smallest absolute Gasteiger partial charge is 0.254 e. The van der Waals surface area contributed by atoms with Crippen LogP contribution in [0, 0.1) is 6.92 Å². The van der Waals surface area contributed by atoms with Crippen LogP contribution in [0.1, 0.15) is 41.3 Å². The van der Waals surface area contributed by atoms with Gasteiger partial charge in [-0.05, 0) is 56.7 Å². The first kappa shape index (κ1) is 18.9. The number of carbonyl (C=O) groups excluding carboxylic acids is 1. The third-order valence-corrected chi connectivity index (χ3v) is 4.45. The van der Waals surface area contributed by atoms with E-state index in [-0.39, 0.29) is 5.91 Å². The quantitative estimate of drug-likeness (QED) is 0.738. The van der Waals surface area contributed by atoms with Crippen molar-refractivity contribution in [3.8, 4) is 11.1 Å². The van der Waals surface area contributed by atoms with Crippen LogP contribution < -0.4 is 0 Å². The summed E-state index contributed by atoms with van der Waals surface area (Å²) in [7, 11) is 1.75. The lowest BCUT2D eigenvalue weighted by Gasteiger charge is -2.18. The minimum absolute atomic E-state index is 0.0704. The topological polar surface area (TPSA) is 66.6 Å². The first-order chi connectivity index (χ1) is 12.7. The molecule has 3 rings (SSSR count). The molecule has 5 heteroatoms. The van der Waals surface area contributed by atoms with Gasteiger partial charge in [-0.2, -0.15) is 0 Å². The van der Waals surface area contributed by atoms with Crippen LogP contribution in [0.15, 0.2) is 59.3 Å². The van der Waals surface area contributed by atoms with Crippen molar-refractivity contribution in [2.45, 2.75) is 32.9 Å². The van der Waals surface area contributed by atoms with E-state index < -0.39 is 5.60 Å². The third kappa shape index (κ3) is 4.44. The Morgan fingerprint density at radius 1 is 1.11 bits per heavy atom. The number of carbonyl (C=O) groups is 1. The summed E-state index contributed by atoms with van der Waals surface area (Å²) in [4.78, 5) is 18.5. The van der Waals surface area contributed by atoms with Gasteiger partial charge in [-0.1, -0.05) is 12.1 Å². The number of benzene rings is 1. The van der Waals surface area contributed by atoms with E-state index in [1.54, 1.807) is 50.3 Å². The van der Waals surface area contributed by atoms with E-state index in [0.717, 1.165) is 28.2 Å². The summed E-state index contributed by atoms with van der Waals surface area (Å²) < 4.78 is 5.53. The van der Waals surface area contributed by atoms with Crippen LogP contribution in [0.2, 0.25) is 0 Å². The van der Waals surface area contributed by atoms with Crippen molar-refractivity contribution in [3.63, 3.8) is 0 Å². The summed E-state index contributed by atoms with van der Waals surface area (Å²) in [5.41, 5.74) is 2.23. The van der Waals surface area contributed by atoms with Gasteiger partial charge in [0.05, 0.1) is 12.1 Å². The SMILES string of the molecule is Cc1ccc(CN(C)C(=O)c2ccc(-c3cncc(C(C)(C)O)c3)cc2)o1. The number of aromatic nitrogens is 1. The molecule has 0 aliphatic rings. The Kier molecular flexibility index (Phi) is 5.15. The van der Waals surface area contributed by atoms with Gasteiger partial charge in [0.15, 0.2) is 0 Å². The third-order valence-electron chi connectivity index (χ3n) is 4.45. The first-order valence-electron chi connectivity index (χ1n) is 8.83. The Bertz CT molecular complexity index is 937. The van der Waals surface area contributed by atoms with E-state index in [0.29, 0.717) is 12.1 Å². The Morgan fingerprint density at radius 3 is 2.41 bits per heavy atom. The summed E-state index contributed by atoms with van der Waals surface area (Å²) in [6, 6.07) is 13.1. The molecule has 5 nitrogen and oxygen atoms in total. The van der Waals surface area contributed by atoms with E-state index in [9.17, 15) is 9.90 Å². The summed E-state index contributed by atoms with van der Waals surface area (Å²) in [6.07, 6.45) is 3.41. The first-order valence-corrected chi connectivity index (χ1v) is 8.83. The molecule has 0 unspecified atom stereocenters. The number of furan rings is 1. The summed E-state index contributed by atoms with van der Waals surface area (Å²) >= 11 is 0. The van der Waals surface area contributed by atoms with Crippen molar-refractivity contribution < 1.29 is 14.3 Å². The molecular weight excluding hydrogens is 340 g/mol. The second kappa shape index (κ2) is 7.37. The van der Waals surface area contributed by atoms with Crippen molar-refractivity contribution >= 4 is 5.91 Å². The fourth-order valence-electron chi connectivity index (χ4n) is 2.83. The van der Waals surface area contributed by atoms with Crippen LogP contribution in [0.3, 0.4) is 0 Å². The molecule has 1 aromatic carbocycles. The van der Waals surface area contributed by atoms with Crippen LogP contribution in [0.4, 0.5) is 0 Å². The number of aryl methyl sites for hydroxylation is 1. The molecule has 0 saturated carbocycles. The number of rotatable bonds is 5. The molecule has 3 aromatic rings. The Hall–Kier alpha value is -2.92. The van der Waals surface area contributed by atoms with Gasteiger partial charge in [0.2, 0.25) is 0 Å². The predicted octanol–water partition coefficient (Wildman–Crippen LogP) is 4.15. The van der Waals surface area contributed by atoms with Gasteiger partial charge in [-0.25, -0.2) is 0 Å². The van der Waals surface area contributed by atoms with Crippen LogP contribution in [-0.4, -0.2) is 27.9 Å². The van der Waals surface area contributed by atoms with Gasteiger partial charge in [0.1, 0.15) is 11.5 Å². The van der Waals surface area contributed by atoms with Crippen LogP contribution in [-0.2, 0) is 12.1 Å². The van der Waals surface area contributed by atoms with Gasteiger partial charge in [-0.3, -0.25) is 9.78 Å². The van der Waals surface area contributed by atoms with Gasteiger partial charge >= 0.3 is 0 Å². The minimum atomic E-state index is -0.953. The highest BCUT2D eigenvalue weighted by atomic mass is 16.3. The van der Waals surface area contributed by atoms with Crippen molar-refractivity contribution in [1.29, 1.82) is 0 Å². The molecule has 0 fully saturated rings. The Morgan fingerprint density at radius 2 is 1.81 bits per heavy atom.